The standard InChI is InChI=1S/C22H23N3O2/c1-15(2)10-11-25-20-8-7-19(13-17(20)6-9-21(25)26)24-22(27)18-5-3-4-16(12-18)14-23/h3-5,7-8,12-13,15H,6,9-11H2,1-2H3,(H,24,27). The van der Waals surface area contributed by atoms with E-state index in [1.807, 2.05) is 29.2 Å². The minimum Gasteiger partial charge on any atom is -0.322 e. The molecule has 0 saturated heterocycles. The van der Waals surface area contributed by atoms with Crippen LogP contribution in [0, 0.1) is 17.2 Å². The molecular formula is C22H23N3O2. The van der Waals surface area contributed by atoms with E-state index in [0.29, 0.717) is 35.6 Å². The molecule has 138 valence electrons. The Morgan fingerprint density at radius 2 is 2.04 bits per heavy atom. The highest BCUT2D eigenvalue weighted by Gasteiger charge is 2.24. The average Bonchev–Trinajstić information content (AvgIpc) is 2.67. The molecule has 0 bridgehead atoms. The summed E-state index contributed by atoms with van der Waals surface area (Å²) in [7, 11) is 0. The maximum absolute atomic E-state index is 12.5. The van der Waals surface area contributed by atoms with Crippen molar-refractivity contribution in [3.05, 3.63) is 59.2 Å². The Morgan fingerprint density at radius 1 is 1.22 bits per heavy atom. The van der Waals surface area contributed by atoms with Gasteiger partial charge in [-0.2, -0.15) is 5.26 Å². The molecule has 0 aromatic heterocycles. The maximum Gasteiger partial charge on any atom is 0.255 e. The molecule has 0 atom stereocenters. The lowest BCUT2D eigenvalue weighted by Crippen LogP contribution is -2.36. The van der Waals surface area contributed by atoms with E-state index in [-0.39, 0.29) is 11.8 Å². The molecule has 0 saturated carbocycles. The number of nitrogens with zero attached hydrogens (tertiary/aromatic N) is 2. The number of fused-ring (bicyclic) bond motifs is 1. The van der Waals surface area contributed by atoms with Gasteiger partial charge in [-0.3, -0.25) is 9.59 Å². The zero-order chi connectivity index (χ0) is 19.4. The number of nitrogens with one attached hydrogen (secondary N) is 1. The largest absolute Gasteiger partial charge is 0.322 e. The number of benzene rings is 2. The quantitative estimate of drug-likeness (QED) is 0.870. The lowest BCUT2D eigenvalue weighted by Gasteiger charge is -2.30. The summed E-state index contributed by atoms with van der Waals surface area (Å²) in [6.07, 6.45) is 2.13. The van der Waals surface area contributed by atoms with Crippen LogP contribution in [0.15, 0.2) is 42.5 Å². The van der Waals surface area contributed by atoms with Gasteiger partial charge in [0.25, 0.3) is 5.91 Å². The predicted molar refractivity (Wildman–Crippen MR) is 106 cm³/mol. The van der Waals surface area contributed by atoms with Crippen molar-refractivity contribution in [2.45, 2.75) is 33.1 Å². The Labute approximate surface area is 159 Å². The van der Waals surface area contributed by atoms with Crippen LogP contribution >= 0.6 is 0 Å². The Hall–Kier alpha value is -3.13. The summed E-state index contributed by atoms with van der Waals surface area (Å²) in [4.78, 5) is 26.6. The van der Waals surface area contributed by atoms with Crippen molar-refractivity contribution < 1.29 is 9.59 Å². The van der Waals surface area contributed by atoms with Crippen LogP contribution in [-0.4, -0.2) is 18.4 Å². The van der Waals surface area contributed by atoms with Crippen LogP contribution in [0.25, 0.3) is 0 Å². The highest BCUT2D eigenvalue weighted by Crippen LogP contribution is 2.31. The summed E-state index contributed by atoms with van der Waals surface area (Å²) in [6, 6.07) is 14.3. The lowest BCUT2D eigenvalue weighted by molar-refractivity contribution is -0.118. The van der Waals surface area contributed by atoms with E-state index in [0.717, 1.165) is 24.2 Å². The first-order valence-electron chi connectivity index (χ1n) is 9.22. The first-order valence-corrected chi connectivity index (χ1v) is 9.22. The molecule has 3 rings (SSSR count). The molecule has 1 heterocycles. The SMILES string of the molecule is CC(C)CCN1C(=O)CCc2cc(NC(=O)c3cccc(C#N)c3)ccc21. The third kappa shape index (κ3) is 4.35. The molecule has 1 N–H and O–H groups in total. The van der Waals surface area contributed by atoms with Crippen LogP contribution in [0.3, 0.4) is 0 Å². The van der Waals surface area contributed by atoms with E-state index < -0.39 is 0 Å². The molecule has 1 aliphatic rings. The number of amides is 2. The average molecular weight is 361 g/mol. The molecule has 5 heteroatoms. The minimum atomic E-state index is -0.254. The zero-order valence-corrected chi connectivity index (χ0v) is 15.7. The molecule has 27 heavy (non-hydrogen) atoms. The summed E-state index contributed by atoms with van der Waals surface area (Å²) in [5.74, 6) is 0.440. The molecule has 2 amide bonds. The van der Waals surface area contributed by atoms with Gasteiger partial charge in [0.05, 0.1) is 11.6 Å². The van der Waals surface area contributed by atoms with Crippen LogP contribution < -0.4 is 10.2 Å². The van der Waals surface area contributed by atoms with Gasteiger partial charge in [0.2, 0.25) is 5.91 Å². The Kier molecular flexibility index (Phi) is 5.56. The minimum absolute atomic E-state index is 0.160. The van der Waals surface area contributed by atoms with Crippen molar-refractivity contribution in [1.29, 1.82) is 5.26 Å². The summed E-state index contributed by atoms with van der Waals surface area (Å²) in [6.45, 7) is 5.01. The van der Waals surface area contributed by atoms with Crippen LogP contribution in [0.2, 0.25) is 0 Å². The van der Waals surface area contributed by atoms with Crippen LogP contribution in [0.5, 0.6) is 0 Å². The number of rotatable bonds is 5. The van der Waals surface area contributed by atoms with Crippen molar-refractivity contribution in [2.24, 2.45) is 5.92 Å². The lowest BCUT2D eigenvalue weighted by atomic mass is 9.99. The van der Waals surface area contributed by atoms with Crippen LogP contribution in [-0.2, 0) is 11.2 Å². The smallest absolute Gasteiger partial charge is 0.255 e. The van der Waals surface area contributed by atoms with E-state index in [1.54, 1.807) is 24.3 Å². The monoisotopic (exact) mass is 361 g/mol. The van der Waals surface area contributed by atoms with Crippen molar-refractivity contribution in [1.82, 2.24) is 0 Å². The summed E-state index contributed by atoms with van der Waals surface area (Å²) in [5.41, 5.74) is 3.60. The first kappa shape index (κ1) is 18.7. The van der Waals surface area contributed by atoms with Gasteiger partial charge in [0, 0.05) is 29.9 Å². The fourth-order valence-electron chi connectivity index (χ4n) is 3.20. The van der Waals surface area contributed by atoms with Gasteiger partial charge in [0.1, 0.15) is 0 Å². The topological polar surface area (TPSA) is 73.2 Å². The van der Waals surface area contributed by atoms with E-state index in [2.05, 4.69) is 19.2 Å². The molecule has 0 radical (unpaired) electrons. The fourth-order valence-corrected chi connectivity index (χ4v) is 3.20. The molecule has 0 fully saturated rings. The number of hydrogen-bond donors (Lipinski definition) is 1. The van der Waals surface area contributed by atoms with Crippen molar-refractivity contribution in [2.75, 3.05) is 16.8 Å². The second-order valence-electron chi connectivity index (χ2n) is 7.22. The first-order chi connectivity index (χ1) is 13.0. The summed E-state index contributed by atoms with van der Waals surface area (Å²) >= 11 is 0. The maximum atomic E-state index is 12.5. The van der Waals surface area contributed by atoms with E-state index in [9.17, 15) is 9.59 Å². The molecule has 2 aromatic carbocycles. The summed E-state index contributed by atoms with van der Waals surface area (Å²) < 4.78 is 0. The van der Waals surface area contributed by atoms with Gasteiger partial charge in [-0.25, -0.2) is 0 Å². The Balaban J connectivity index is 1.78. The molecule has 0 spiro atoms. The normalized spacial score (nSPS) is 13.3. The van der Waals surface area contributed by atoms with E-state index in [4.69, 9.17) is 5.26 Å². The van der Waals surface area contributed by atoms with E-state index in [1.165, 1.54) is 0 Å². The van der Waals surface area contributed by atoms with Crippen molar-refractivity contribution in [3.8, 4) is 6.07 Å². The highest BCUT2D eigenvalue weighted by molar-refractivity contribution is 6.05. The molecule has 5 nitrogen and oxygen atoms in total. The van der Waals surface area contributed by atoms with Crippen molar-refractivity contribution in [3.63, 3.8) is 0 Å². The van der Waals surface area contributed by atoms with Gasteiger partial charge < -0.3 is 10.2 Å². The number of carbonyl (C=O) groups excluding carboxylic acids is 2. The fraction of sp³-hybridized carbons (Fsp3) is 0.318. The third-order valence-electron chi connectivity index (χ3n) is 4.72. The van der Waals surface area contributed by atoms with Gasteiger partial charge in [0.15, 0.2) is 0 Å². The molecule has 1 aliphatic heterocycles. The zero-order valence-electron chi connectivity index (χ0n) is 15.7. The third-order valence-corrected chi connectivity index (χ3v) is 4.72. The van der Waals surface area contributed by atoms with Crippen LogP contribution in [0.1, 0.15) is 48.2 Å². The van der Waals surface area contributed by atoms with Gasteiger partial charge in [-0.05, 0) is 60.7 Å². The van der Waals surface area contributed by atoms with Gasteiger partial charge in [-0.1, -0.05) is 19.9 Å². The Morgan fingerprint density at radius 3 is 2.78 bits per heavy atom. The van der Waals surface area contributed by atoms with E-state index >= 15 is 0 Å². The van der Waals surface area contributed by atoms with Crippen LogP contribution in [0.4, 0.5) is 11.4 Å². The number of hydrogen-bond acceptors (Lipinski definition) is 3. The molecule has 2 aromatic rings. The number of anilines is 2. The number of nitriles is 1. The second-order valence-corrected chi connectivity index (χ2v) is 7.22. The number of carbonyl (C=O) groups is 2. The second kappa shape index (κ2) is 8.05. The predicted octanol–water partition coefficient (Wildman–Crippen LogP) is 4.14. The molecule has 0 unspecified atom stereocenters. The molecule has 0 aliphatic carbocycles. The van der Waals surface area contributed by atoms with Gasteiger partial charge in [-0.15, -0.1) is 0 Å². The van der Waals surface area contributed by atoms with Gasteiger partial charge >= 0.3 is 0 Å². The van der Waals surface area contributed by atoms with Crippen molar-refractivity contribution >= 4 is 23.2 Å². The number of aryl methyl sites for hydroxylation is 1. The molecular weight excluding hydrogens is 338 g/mol. The highest BCUT2D eigenvalue weighted by atomic mass is 16.2. The Bertz CT molecular complexity index is 912. The summed E-state index contributed by atoms with van der Waals surface area (Å²) in [5, 5.41) is 11.9.